The van der Waals surface area contributed by atoms with Crippen LogP contribution in [0.15, 0.2) is 71.8 Å². The highest BCUT2D eigenvalue weighted by atomic mass is 15.3. The van der Waals surface area contributed by atoms with Crippen LogP contribution < -0.4 is 5.43 Å². The molecule has 0 atom stereocenters. The lowest BCUT2D eigenvalue weighted by atomic mass is 10.2. The zero-order valence-electron chi connectivity index (χ0n) is 9.45. The molecule has 0 unspecified atom stereocenters. The van der Waals surface area contributed by atoms with Gasteiger partial charge in [-0.1, -0.05) is 54.6 Å². The van der Waals surface area contributed by atoms with E-state index < -0.39 is 0 Å². The molecule has 2 aromatic carbocycles. The monoisotopic (exact) mass is 222 g/mol. The second kappa shape index (κ2) is 6.28. The van der Waals surface area contributed by atoms with Crippen molar-refractivity contribution in [2.75, 3.05) is 5.43 Å². The van der Waals surface area contributed by atoms with Crippen LogP contribution in [-0.4, -0.2) is 6.21 Å². The van der Waals surface area contributed by atoms with Crippen molar-refractivity contribution in [3.63, 3.8) is 0 Å². The molecule has 0 saturated carbocycles. The summed E-state index contributed by atoms with van der Waals surface area (Å²) >= 11 is 0. The van der Waals surface area contributed by atoms with E-state index in [0.29, 0.717) is 0 Å². The summed E-state index contributed by atoms with van der Waals surface area (Å²) in [5.41, 5.74) is 5.10. The molecule has 0 aliphatic rings. The van der Waals surface area contributed by atoms with Gasteiger partial charge in [0, 0.05) is 6.21 Å². The minimum atomic E-state index is 0.983. The van der Waals surface area contributed by atoms with Crippen LogP contribution >= 0.6 is 0 Å². The van der Waals surface area contributed by atoms with Gasteiger partial charge in [0.25, 0.3) is 0 Å². The van der Waals surface area contributed by atoms with Gasteiger partial charge in [0.1, 0.15) is 0 Å². The Morgan fingerprint density at radius 2 is 1.47 bits per heavy atom. The van der Waals surface area contributed by atoms with E-state index in [-0.39, 0.29) is 0 Å². The summed E-state index contributed by atoms with van der Waals surface area (Å²) in [5.74, 6) is 0. The van der Waals surface area contributed by atoms with Crippen LogP contribution in [-0.2, 0) is 0 Å². The zero-order valence-corrected chi connectivity index (χ0v) is 9.45. The van der Waals surface area contributed by atoms with Gasteiger partial charge in [-0.3, -0.25) is 5.43 Å². The fraction of sp³-hybridized carbons (Fsp3) is 0. The highest BCUT2D eigenvalue weighted by molar-refractivity contribution is 5.78. The molecule has 0 spiro atoms. The molecule has 0 aromatic heterocycles. The van der Waals surface area contributed by atoms with Crippen molar-refractivity contribution in [1.82, 2.24) is 0 Å². The van der Waals surface area contributed by atoms with E-state index >= 15 is 0 Å². The number of allylic oxidation sites excluding steroid dienone is 1. The highest BCUT2D eigenvalue weighted by Crippen LogP contribution is 2.04. The van der Waals surface area contributed by atoms with E-state index in [2.05, 4.69) is 22.7 Å². The maximum Gasteiger partial charge on any atom is 0.0561 e. The van der Waals surface area contributed by atoms with Crippen molar-refractivity contribution in [3.05, 3.63) is 72.3 Å². The summed E-state index contributed by atoms with van der Waals surface area (Å²) in [7, 11) is 0. The molecule has 2 heteroatoms. The molecule has 0 amide bonds. The molecule has 0 bridgehead atoms. The fourth-order valence-corrected chi connectivity index (χ4v) is 1.39. The largest absolute Gasteiger partial charge is 0.279 e. The first-order chi connectivity index (χ1) is 8.45. The first-order valence-electron chi connectivity index (χ1n) is 5.51. The first-order valence-corrected chi connectivity index (χ1v) is 5.51. The van der Waals surface area contributed by atoms with Crippen LogP contribution in [0.3, 0.4) is 0 Å². The van der Waals surface area contributed by atoms with Crippen LogP contribution in [0.25, 0.3) is 6.08 Å². The quantitative estimate of drug-likeness (QED) is 0.617. The predicted octanol–water partition coefficient (Wildman–Crippen LogP) is 3.80. The number of rotatable bonds is 4. The topological polar surface area (TPSA) is 24.4 Å². The standard InChI is InChI=1S/C15H14N2/c1-3-8-14(9-4-1)10-7-13-16-17-15-11-5-2-6-12-15/h1-13,17H. The van der Waals surface area contributed by atoms with Crippen LogP contribution in [0, 0.1) is 0 Å². The summed E-state index contributed by atoms with van der Waals surface area (Å²) in [6.07, 6.45) is 5.65. The second-order valence-corrected chi connectivity index (χ2v) is 3.53. The van der Waals surface area contributed by atoms with Gasteiger partial charge in [-0.15, -0.1) is 0 Å². The Morgan fingerprint density at radius 3 is 2.18 bits per heavy atom. The van der Waals surface area contributed by atoms with Crippen molar-refractivity contribution in [2.24, 2.45) is 5.10 Å². The van der Waals surface area contributed by atoms with Gasteiger partial charge in [0.15, 0.2) is 0 Å². The molecule has 2 nitrogen and oxygen atoms in total. The number of benzene rings is 2. The summed E-state index contributed by atoms with van der Waals surface area (Å²) in [5, 5.41) is 4.09. The molecule has 0 aliphatic carbocycles. The maximum atomic E-state index is 4.09. The number of nitrogens with zero attached hydrogens (tertiary/aromatic N) is 1. The van der Waals surface area contributed by atoms with Gasteiger partial charge in [0.2, 0.25) is 0 Å². The average molecular weight is 222 g/mol. The van der Waals surface area contributed by atoms with E-state index in [1.54, 1.807) is 6.21 Å². The van der Waals surface area contributed by atoms with Crippen LogP contribution in [0.1, 0.15) is 5.56 Å². The fourth-order valence-electron chi connectivity index (χ4n) is 1.39. The molecule has 0 heterocycles. The summed E-state index contributed by atoms with van der Waals surface area (Å²) < 4.78 is 0. The summed E-state index contributed by atoms with van der Waals surface area (Å²) in [4.78, 5) is 0. The number of anilines is 1. The van der Waals surface area contributed by atoms with Crippen molar-refractivity contribution >= 4 is 18.0 Å². The third-order valence-corrected chi connectivity index (χ3v) is 2.22. The Bertz CT molecular complexity index is 487. The minimum Gasteiger partial charge on any atom is -0.279 e. The number of nitrogens with one attached hydrogen (secondary N) is 1. The summed E-state index contributed by atoms with van der Waals surface area (Å²) in [6.45, 7) is 0. The average Bonchev–Trinajstić information content (AvgIpc) is 2.41. The number of hydrogen-bond acceptors (Lipinski definition) is 2. The lowest BCUT2D eigenvalue weighted by Gasteiger charge is -1.96. The Kier molecular flexibility index (Phi) is 4.12. The summed E-state index contributed by atoms with van der Waals surface area (Å²) in [6, 6.07) is 20.0. The van der Waals surface area contributed by atoms with Gasteiger partial charge < -0.3 is 0 Å². The molecular weight excluding hydrogens is 208 g/mol. The smallest absolute Gasteiger partial charge is 0.0561 e. The molecule has 0 aliphatic heterocycles. The van der Waals surface area contributed by atoms with Crippen LogP contribution in [0.4, 0.5) is 5.69 Å². The predicted molar refractivity (Wildman–Crippen MR) is 74.0 cm³/mol. The van der Waals surface area contributed by atoms with Crippen LogP contribution in [0.2, 0.25) is 0 Å². The Balaban J connectivity index is 1.85. The van der Waals surface area contributed by atoms with E-state index in [1.807, 2.05) is 60.7 Å². The molecule has 2 rings (SSSR count). The van der Waals surface area contributed by atoms with E-state index in [1.165, 1.54) is 5.56 Å². The van der Waals surface area contributed by atoms with Crippen molar-refractivity contribution in [3.8, 4) is 0 Å². The van der Waals surface area contributed by atoms with Gasteiger partial charge >= 0.3 is 0 Å². The normalized spacial score (nSPS) is 11.1. The molecule has 84 valence electrons. The van der Waals surface area contributed by atoms with Crippen molar-refractivity contribution < 1.29 is 0 Å². The Hall–Kier alpha value is -2.35. The molecule has 17 heavy (non-hydrogen) atoms. The van der Waals surface area contributed by atoms with Crippen LogP contribution in [0.5, 0.6) is 0 Å². The molecule has 0 saturated heterocycles. The van der Waals surface area contributed by atoms with Gasteiger partial charge in [-0.25, -0.2) is 0 Å². The molecule has 1 N–H and O–H groups in total. The Labute approximate surface area is 101 Å². The highest BCUT2D eigenvalue weighted by Gasteiger charge is 1.83. The number of para-hydroxylation sites is 1. The maximum absolute atomic E-state index is 4.09. The first kappa shape index (κ1) is 11.1. The second-order valence-electron chi connectivity index (χ2n) is 3.53. The third-order valence-electron chi connectivity index (χ3n) is 2.22. The van der Waals surface area contributed by atoms with Gasteiger partial charge in [-0.2, -0.15) is 5.10 Å². The molecular formula is C15H14N2. The molecule has 0 fully saturated rings. The van der Waals surface area contributed by atoms with E-state index in [4.69, 9.17) is 0 Å². The van der Waals surface area contributed by atoms with Crippen molar-refractivity contribution in [2.45, 2.75) is 0 Å². The lowest BCUT2D eigenvalue weighted by molar-refractivity contribution is 1.36. The van der Waals surface area contributed by atoms with Crippen molar-refractivity contribution in [1.29, 1.82) is 0 Å². The van der Waals surface area contributed by atoms with E-state index in [0.717, 1.165) is 5.69 Å². The number of hydrazone groups is 1. The lowest BCUT2D eigenvalue weighted by Crippen LogP contribution is -1.86. The SMILES string of the molecule is C(=Cc1ccccc1)C=NNc1ccccc1. The number of hydrogen-bond donors (Lipinski definition) is 1. The zero-order chi connectivity index (χ0) is 11.8. The molecule has 0 radical (unpaired) electrons. The minimum absolute atomic E-state index is 0.983. The Morgan fingerprint density at radius 1 is 0.824 bits per heavy atom. The third kappa shape index (κ3) is 3.95. The molecule has 2 aromatic rings. The van der Waals surface area contributed by atoms with Gasteiger partial charge in [0.05, 0.1) is 5.69 Å². The van der Waals surface area contributed by atoms with E-state index in [9.17, 15) is 0 Å². The van der Waals surface area contributed by atoms with Gasteiger partial charge in [-0.05, 0) is 23.8 Å².